The number of para-hydroxylation sites is 1. The number of rotatable bonds is 7. The lowest BCUT2D eigenvalue weighted by Gasteiger charge is -2.29. The summed E-state index contributed by atoms with van der Waals surface area (Å²) >= 11 is 5.77. The van der Waals surface area contributed by atoms with E-state index in [1.807, 2.05) is 24.4 Å². The molecule has 5 nitrogen and oxygen atoms in total. The molecule has 1 saturated heterocycles. The van der Waals surface area contributed by atoms with Gasteiger partial charge in [-0.25, -0.2) is 0 Å². The summed E-state index contributed by atoms with van der Waals surface area (Å²) in [6.45, 7) is 1.93. The Balaban J connectivity index is 1.72. The first-order chi connectivity index (χ1) is 14.1. The first-order valence-corrected chi connectivity index (χ1v) is 10.4. The predicted molar refractivity (Wildman–Crippen MR) is 121 cm³/mol. The highest BCUT2D eigenvalue weighted by Crippen LogP contribution is 2.39. The number of benzene rings is 1. The molecule has 1 aliphatic rings. The molecule has 150 valence electrons. The molecule has 0 radical (unpaired) electrons. The van der Waals surface area contributed by atoms with Gasteiger partial charge in [-0.3, -0.25) is 4.98 Å². The van der Waals surface area contributed by atoms with E-state index in [4.69, 9.17) is 12.2 Å². The van der Waals surface area contributed by atoms with E-state index in [1.54, 1.807) is 0 Å². The molecule has 0 spiro atoms. The molecular weight excluding hydrogens is 378 g/mol. The van der Waals surface area contributed by atoms with Gasteiger partial charge in [0.25, 0.3) is 0 Å². The first-order valence-electron chi connectivity index (χ1n) is 10.0. The molecule has 0 unspecified atom stereocenters. The van der Waals surface area contributed by atoms with Crippen LogP contribution in [0, 0.1) is 0 Å². The van der Waals surface area contributed by atoms with E-state index < -0.39 is 0 Å². The molecule has 0 amide bonds. The second kappa shape index (κ2) is 8.76. The number of pyridine rings is 1. The molecular formula is C23H27N5S. The molecule has 4 rings (SSSR count). The second-order valence-electron chi connectivity index (χ2n) is 7.62. The molecule has 1 aliphatic heterocycles. The quantitative estimate of drug-likeness (QED) is 0.605. The van der Waals surface area contributed by atoms with Crippen LogP contribution >= 0.6 is 12.2 Å². The van der Waals surface area contributed by atoms with Crippen molar-refractivity contribution in [2.45, 2.75) is 18.5 Å². The zero-order chi connectivity index (χ0) is 20.2. The van der Waals surface area contributed by atoms with Gasteiger partial charge in [-0.05, 0) is 75.7 Å². The molecule has 1 aromatic carbocycles. The maximum atomic E-state index is 5.77. The van der Waals surface area contributed by atoms with Crippen LogP contribution in [0.4, 0.5) is 0 Å². The van der Waals surface area contributed by atoms with Crippen LogP contribution in [-0.4, -0.2) is 51.6 Å². The highest BCUT2D eigenvalue weighted by Gasteiger charge is 2.40. The Kier molecular flexibility index (Phi) is 5.92. The lowest BCUT2D eigenvalue weighted by atomic mass is 10.0. The third-order valence-electron chi connectivity index (χ3n) is 5.32. The van der Waals surface area contributed by atoms with Crippen molar-refractivity contribution in [1.82, 2.24) is 24.7 Å². The monoisotopic (exact) mass is 405 g/mol. The van der Waals surface area contributed by atoms with Crippen molar-refractivity contribution in [2.75, 3.05) is 27.2 Å². The van der Waals surface area contributed by atoms with Gasteiger partial charge in [-0.15, -0.1) is 0 Å². The summed E-state index contributed by atoms with van der Waals surface area (Å²) < 4.78 is 2.26. The average molecular weight is 406 g/mol. The number of aromatic nitrogens is 2. The van der Waals surface area contributed by atoms with Crippen molar-refractivity contribution in [2.24, 2.45) is 0 Å². The molecule has 29 heavy (non-hydrogen) atoms. The second-order valence-corrected chi connectivity index (χ2v) is 8.00. The van der Waals surface area contributed by atoms with Crippen LogP contribution in [0.3, 0.4) is 0 Å². The number of nitrogens with zero attached hydrogens (tertiary/aromatic N) is 4. The summed E-state index contributed by atoms with van der Waals surface area (Å²) in [5.74, 6) is 0. The Morgan fingerprint density at radius 2 is 1.83 bits per heavy atom. The lowest BCUT2D eigenvalue weighted by molar-refractivity contribution is 0.286. The molecule has 1 fully saturated rings. The van der Waals surface area contributed by atoms with Gasteiger partial charge in [-0.2, -0.15) is 0 Å². The minimum atomic E-state index is 0.0143. The van der Waals surface area contributed by atoms with Gasteiger partial charge >= 0.3 is 0 Å². The topological polar surface area (TPSA) is 36.3 Å². The van der Waals surface area contributed by atoms with Crippen molar-refractivity contribution in [3.8, 4) is 5.69 Å². The highest BCUT2D eigenvalue weighted by atomic mass is 32.1. The van der Waals surface area contributed by atoms with Crippen LogP contribution in [0.2, 0.25) is 0 Å². The maximum Gasteiger partial charge on any atom is 0.170 e. The third-order valence-corrected chi connectivity index (χ3v) is 5.67. The Morgan fingerprint density at radius 3 is 2.55 bits per heavy atom. The lowest BCUT2D eigenvalue weighted by Crippen LogP contribution is -2.32. The smallest absolute Gasteiger partial charge is 0.170 e. The van der Waals surface area contributed by atoms with Crippen molar-refractivity contribution in [3.63, 3.8) is 0 Å². The fourth-order valence-electron chi connectivity index (χ4n) is 3.98. The van der Waals surface area contributed by atoms with Crippen LogP contribution in [0.5, 0.6) is 0 Å². The summed E-state index contributed by atoms with van der Waals surface area (Å²) in [5.41, 5.74) is 3.37. The zero-order valence-corrected chi connectivity index (χ0v) is 17.7. The van der Waals surface area contributed by atoms with E-state index in [2.05, 4.69) is 87.4 Å². The van der Waals surface area contributed by atoms with E-state index in [0.29, 0.717) is 0 Å². The van der Waals surface area contributed by atoms with E-state index in [-0.39, 0.29) is 12.1 Å². The fourth-order valence-corrected chi connectivity index (χ4v) is 4.32. The minimum absolute atomic E-state index is 0.0143. The standard InChI is InChI=1S/C23H27N5S/c1-26(2)15-9-17-28-22(21(25-23(28)29)19-12-6-7-14-24-19)20-13-8-16-27(20)18-10-4-3-5-11-18/h3-8,10-14,16,21-22H,9,15,17H2,1-2H3,(H,25,29)/t21-,22-/m1/s1. The third kappa shape index (κ3) is 4.18. The van der Waals surface area contributed by atoms with E-state index in [1.165, 1.54) is 5.69 Å². The predicted octanol–water partition coefficient (Wildman–Crippen LogP) is 3.80. The molecule has 2 aromatic heterocycles. The fraction of sp³-hybridized carbons (Fsp3) is 0.304. The van der Waals surface area contributed by atoms with E-state index in [0.717, 1.165) is 36.0 Å². The highest BCUT2D eigenvalue weighted by molar-refractivity contribution is 7.80. The largest absolute Gasteiger partial charge is 0.352 e. The number of nitrogens with one attached hydrogen (secondary N) is 1. The zero-order valence-electron chi connectivity index (χ0n) is 16.9. The van der Waals surface area contributed by atoms with Gasteiger partial charge < -0.3 is 19.7 Å². The summed E-state index contributed by atoms with van der Waals surface area (Å²) in [7, 11) is 4.21. The van der Waals surface area contributed by atoms with Crippen LogP contribution in [0.15, 0.2) is 73.1 Å². The van der Waals surface area contributed by atoms with Crippen LogP contribution in [0.1, 0.15) is 29.9 Å². The van der Waals surface area contributed by atoms with E-state index >= 15 is 0 Å². The van der Waals surface area contributed by atoms with Gasteiger partial charge in [0.15, 0.2) is 5.11 Å². The van der Waals surface area contributed by atoms with Crippen molar-refractivity contribution in [1.29, 1.82) is 0 Å². The Labute approximate surface area is 178 Å². The summed E-state index contributed by atoms with van der Waals surface area (Å²) in [4.78, 5) is 9.17. The van der Waals surface area contributed by atoms with Crippen LogP contribution in [0.25, 0.3) is 5.69 Å². The number of hydrogen-bond donors (Lipinski definition) is 1. The van der Waals surface area contributed by atoms with Gasteiger partial charge in [0.05, 0.1) is 17.8 Å². The van der Waals surface area contributed by atoms with Crippen molar-refractivity contribution < 1.29 is 0 Å². The van der Waals surface area contributed by atoms with Gasteiger partial charge in [0, 0.05) is 30.3 Å². The summed E-state index contributed by atoms with van der Waals surface area (Å²) in [6.07, 6.45) is 5.02. The Hall–Kier alpha value is -2.70. The maximum absolute atomic E-state index is 5.77. The molecule has 0 aliphatic carbocycles. The van der Waals surface area contributed by atoms with E-state index in [9.17, 15) is 0 Å². The molecule has 0 bridgehead atoms. The van der Waals surface area contributed by atoms with Crippen LogP contribution < -0.4 is 5.32 Å². The van der Waals surface area contributed by atoms with Crippen molar-refractivity contribution >= 4 is 17.3 Å². The average Bonchev–Trinajstić information content (AvgIpc) is 3.34. The summed E-state index contributed by atoms with van der Waals surface area (Å²) in [5, 5.41) is 4.34. The van der Waals surface area contributed by atoms with Gasteiger partial charge in [0.2, 0.25) is 0 Å². The van der Waals surface area contributed by atoms with Crippen molar-refractivity contribution in [3.05, 3.63) is 84.4 Å². The molecule has 3 aromatic rings. The van der Waals surface area contributed by atoms with Crippen LogP contribution in [-0.2, 0) is 0 Å². The minimum Gasteiger partial charge on any atom is -0.352 e. The molecule has 1 N–H and O–H groups in total. The normalized spacial score (nSPS) is 19.0. The number of thiocarbonyl (C=S) groups is 1. The molecule has 0 saturated carbocycles. The molecule has 3 heterocycles. The van der Waals surface area contributed by atoms with Gasteiger partial charge in [-0.1, -0.05) is 24.3 Å². The molecule has 2 atom stereocenters. The Bertz CT molecular complexity index is 938. The van der Waals surface area contributed by atoms with Gasteiger partial charge in [0.1, 0.15) is 0 Å². The summed E-state index contributed by atoms with van der Waals surface area (Å²) in [6, 6.07) is 20.9. The molecule has 6 heteroatoms. The Morgan fingerprint density at radius 1 is 1.03 bits per heavy atom. The first kappa shape index (κ1) is 19.6. The SMILES string of the molecule is CN(C)CCCN1C(=S)N[C@H](c2ccccn2)[C@H]1c1cccn1-c1ccccc1. The number of hydrogen-bond acceptors (Lipinski definition) is 3.